The van der Waals surface area contributed by atoms with Crippen molar-refractivity contribution in [2.75, 3.05) is 41.0 Å². The number of rotatable bonds is 13. The molecule has 0 fully saturated rings. The van der Waals surface area contributed by atoms with Crippen molar-refractivity contribution < 1.29 is 14.3 Å². The van der Waals surface area contributed by atoms with Gasteiger partial charge in [-0.3, -0.25) is 15.0 Å². The van der Waals surface area contributed by atoms with Gasteiger partial charge in [0, 0.05) is 27.1 Å². The molecule has 9 nitrogen and oxygen atoms in total. The second-order valence-electron chi connectivity index (χ2n) is 8.37. The van der Waals surface area contributed by atoms with Crippen molar-refractivity contribution in [1.82, 2.24) is 25.6 Å². The molecule has 1 unspecified atom stereocenters. The minimum Gasteiger partial charge on any atom is -0.497 e. The second kappa shape index (κ2) is 13.7. The van der Waals surface area contributed by atoms with Crippen LogP contribution in [0.5, 0.6) is 5.75 Å². The number of aryl methyl sites for hydroxylation is 1. The summed E-state index contributed by atoms with van der Waals surface area (Å²) in [5.74, 6) is 0.558. The number of carbonyl (C=O) groups is 2. The number of nitrogens with two attached hydrogens (primary N) is 1. The molecule has 0 saturated carbocycles. The van der Waals surface area contributed by atoms with Crippen LogP contribution in [0.15, 0.2) is 48.5 Å². The normalized spacial score (nSPS) is 11.9. The Morgan fingerprint density at radius 1 is 1.06 bits per heavy atom. The molecule has 1 atom stereocenters. The van der Waals surface area contributed by atoms with Crippen LogP contribution in [-0.2, 0) is 22.7 Å². The summed E-state index contributed by atoms with van der Waals surface area (Å²) in [7, 11) is 5.20. The summed E-state index contributed by atoms with van der Waals surface area (Å²) in [6, 6.07) is 15.7. The highest BCUT2D eigenvalue weighted by molar-refractivity contribution is 5.78. The lowest BCUT2D eigenvalue weighted by atomic mass is 10.1. The number of hydrazine groups is 1. The van der Waals surface area contributed by atoms with Crippen molar-refractivity contribution in [2.24, 2.45) is 5.73 Å². The number of hydrogen-bond donors (Lipinski definition) is 3. The number of carbonyl (C=O) groups excluding carboxylic acids is 2. The fraction of sp³-hybridized carbons (Fsp3) is 0.440. The zero-order valence-corrected chi connectivity index (χ0v) is 20.9. The van der Waals surface area contributed by atoms with Crippen LogP contribution >= 0.6 is 0 Å². The van der Waals surface area contributed by atoms with Gasteiger partial charge < -0.3 is 25.6 Å². The first-order valence-electron chi connectivity index (χ1n) is 11.3. The second-order valence-corrected chi connectivity index (χ2v) is 8.37. The topological polar surface area (TPSA) is 103 Å². The Labute approximate surface area is 202 Å². The number of ether oxygens (including phenoxy) is 1. The first-order chi connectivity index (χ1) is 16.2. The van der Waals surface area contributed by atoms with Crippen LogP contribution in [0.25, 0.3) is 0 Å². The van der Waals surface area contributed by atoms with E-state index in [4.69, 9.17) is 10.5 Å². The summed E-state index contributed by atoms with van der Waals surface area (Å²) in [6.45, 7) is 5.19. The number of nitrogens with one attached hydrogen (secondary N) is 2. The van der Waals surface area contributed by atoms with Gasteiger partial charge in [0.15, 0.2) is 0 Å². The van der Waals surface area contributed by atoms with Gasteiger partial charge in [0.05, 0.1) is 33.0 Å². The van der Waals surface area contributed by atoms with E-state index in [2.05, 4.69) is 10.7 Å². The van der Waals surface area contributed by atoms with E-state index in [1.807, 2.05) is 62.5 Å². The maximum Gasteiger partial charge on any atom is 0.240 e. The molecule has 0 heterocycles. The fourth-order valence-corrected chi connectivity index (χ4v) is 3.42. The summed E-state index contributed by atoms with van der Waals surface area (Å²) in [4.78, 5) is 28.5. The SMILES string of the molecule is CNCN(C(=O)CN(C)NCc1ccc(OC)cc1)C(N)CN(Cc1ccc(C)cc1)C(C)=O. The Balaban J connectivity index is 1.94. The molecule has 34 heavy (non-hydrogen) atoms. The van der Waals surface area contributed by atoms with Crippen LogP contribution in [0.4, 0.5) is 0 Å². The lowest BCUT2D eigenvalue weighted by Gasteiger charge is -2.34. The third-order valence-corrected chi connectivity index (χ3v) is 5.48. The van der Waals surface area contributed by atoms with E-state index in [0.717, 1.165) is 22.4 Å². The van der Waals surface area contributed by atoms with Gasteiger partial charge in [0.2, 0.25) is 11.8 Å². The first kappa shape index (κ1) is 27.3. The zero-order valence-electron chi connectivity index (χ0n) is 20.9. The molecule has 0 spiro atoms. The summed E-state index contributed by atoms with van der Waals surface area (Å²) >= 11 is 0. The number of methoxy groups -OCH3 is 1. The maximum atomic E-state index is 13.0. The molecule has 2 amide bonds. The van der Waals surface area contributed by atoms with Gasteiger partial charge in [-0.2, -0.15) is 0 Å². The Hall–Kier alpha value is -2.98. The van der Waals surface area contributed by atoms with E-state index in [9.17, 15) is 9.59 Å². The Bertz CT molecular complexity index is 904. The summed E-state index contributed by atoms with van der Waals surface area (Å²) < 4.78 is 5.18. The van der Waals surface area contributed by atoms with Crippen LogP contribution in [0, 0.1) is 6.92 Å². The Morgan fingerprint density at radius 3 is 2.24 bits per heavy atom. The van der Waals surface area contributed by atoms with Crippen LogP contribution in [0.1, 0.15) is 23.6 Å². The first-order valence-corrected chi connectivity index (χ1v) is 11.3. The minimum absolute atomic E-state index is 0.0915. The van der Waals surface area contributed by atoms with Crippen LogP contribution in [0.3, 0.4) is 0 Å². The fourth-order valence-electron chi connectivity index (χ4n) is 3.42. The third kappa shape index (κ3) is 8.75. The van der Waals surface area contributed by atoms with E-state index >= 15 is 0 Å². The monoisotopic (exact) mass is 470 g/mol. The molecule has 9 heteroatoms. The quantitative estimate of drug-likeness (QED) is 0.299. The molecule has 2 rings (SSSR count). The summed E-state index contributed by atoms with van der Waals surface area (Å²) in [5.41, 5.74) is 12.9. The van der Waals surface area contributed by atoms with E-state index < -0.39 is 6.17 Å². The van der Waals surface area contributed by atoms with Crippen molar-refractivity contribution >= 4 is 11.8 Å². The largest absolute Gasteiger partial charge is 0.497 e. The molecule has 0 radical (unpaired) electrons. The van der Waals surface area contributed by atoms with Gasteiger partial charge in [0.25, 0.3) is 0 Å². The van der Waals surface area contributed by atoms with Crippen molar-refractivity contribution in [1.29, 1.82) is 0 Å². The van der Waals surface area contributed by atoms with Gasteiger partial charge in [-0.15, -0.1) is 0 Å². The minimum atomic E-state index is -0.649. The molecule has 0 aliphatic rings. The van der Waals surface area contributed by atoms with Gasteiger partial charge in [-0.05, 0) is 37.2 Å². The molecule has 2 aromatic rings. The molecule has 0 bridgehead atoms. The average molecular weight is 471 g/mol. The van der Waals surface area contributed by atoms with Crippen LogP contribution in [-0.4, -0.2) is 73.8 Å². The highest BCUT2D eigenvalue weighted by Gasteiger charge is 2.24. The van der Waals surface area contributed by atoms with Crippen molar-refractivity contribution in [3.8, 4) is 5.75 Å². The highest BCUT2D eigenvalue weighted by atomic mass is 16.5. The lowest BCUT2D eigenvalue weighted by molar-refractivity contribution is -0.138. The van der Waals surface area contributed by atoms with Crippen molar-refractivity contribution in [3.63, 3.8) is 0 Å². The molecule has 0 aliphatic carbocycles. The standard InChI is InChI=1S/C25H38N6O3/c1-19-6-8-22(9-7-19)15-30(20(2)32)16-24(26)31(18-27-3)25(33)17-29(4)28-14-21-10-12-23(34-5)13-11-21/h6-13,24,27-28H,14-18,26H2,1-5H3. The molecule has 0 aromatic heterocycles. The van der Waals surface area contributed by atoms with Gasteiger partial charge >= 0.3 is 0 Å². The molecular weight excluding hydrogens is 432 g/mol. The zero-order chi connectivity index (χ0) is 25.1. The van der Waals surface area contributed by atoms with E-state index in [0.29, 0.717) is 13.1 Å². The van der Waals surface area contributed by atoms with Gasteiger partial charge in [-0.1, -0.05) is 42.0 Å². The predicted octanol–water partition coefficient (Wildman–Crippen LogP) is 1.28. The van der Waals surface area contributed by atoms with E-state index in [1.165, 1.54) is 6.92 Å². The maximum absolute atomic E-state index is 13.0. The van der Waals surface area contributed by atoms with Gasteiger partial charge in [-0.25, -0.2) is 5.01 Å². The molecule has 186 valence electrons. The molecular formula is C25H38N6O3. The number of benzene rings is 2. The van der Waals surface area contributed by atoms with Crippen LogP contribution in [0.2, 0.25) is 0 Å². The lowest BCUT2D eigenvalue weighted by Crippen LogP contribution is -2.57. The molecule has 0 saturated heterocycles. The Kier molecular flexibility index (Phi) is 11.0. The summed E-state index contributed by atoms with van der Waals surface area (Å²) in [6.07, 6.45) is -0.649. The number of amides is 2. The van der Waals surface area contributed by atoms with Crippen molar-refractivity contribution in [2.45, 2.75) is 33.1 Å². The van der Waals surface area contributed by atoms with E-state index in [1.54, 1.807) is 29.0 Å². The Morgan fingerprint density at radius 2 is 1.68 bits per heavy atom. The third-order valence-electron chi connectivity index (χ3n) is 5.48. The molecule has 4 N–H and O–H groups in total. The van der Waals surface area contributed by atoms with Crippen molar-refractivity contribution in [3.05, 3.63) is 65.2 Å². The van der Waals surface area contributed by atoms with E-state index in [-0.39, 0.29) is 31.6 Å². The average Bonchev–Trinajstić information content (AvgIpc) is 2.82. The summed E-state index contributed by atoms with van der Waals surface area (Å²) in [5, 5.41) is 4.73. The molecule has 2 aromatic carbocycles. The highest BCUT2D eigenvalue weighted by Crippen LogP contribution is 2.11. The number of likely N-dealkylation sites (N-methyl/N-ethyl adjacent to an activating group) is 1. The number of nitrogens with zero attached hydrogens (tertiary/aromatic N) is 3. The molecule has 0 aliphatic heterocycles. The smallest absolute Gasteiger partial charge is 0.240 e. The van der Waals surface area contributed by atoms with Crippen LogP contribution < -0.4 is 21.2 Å². The van der Waals surface area contributed by atoms with Gasteiger partial charge in [0.1, 0.15) is 5.75 Å². The number of hydrogen-bond acceptors (Lipinski definition) is 7. The predicted molar refractivity (Wildman–Crippen MR) is 133 cm³/mol.